The van der Waals surface area contributed by atoms with Gasteiger partial charge < -0.3 is 5.32 Å². The van der Waals surface area contributed by atoms with Gasteiger partial charge in [-0.2, -0.15) is 0 Å². The molecule has 0 saturated heterocycles. The minimum absolute atomic E-state index is 0.195. The zero-order valence-corrected chi connectivity index (χ0v) is 12.5. The maximum absolute atomic E-state index is 13.0. The van der Waals surface area contributed by atoms with E-state index in [4.69, 9.17) is 0 Å². The molecule has 0 aliphatic heterocycles. The number of rotatable bonds is 5. The molecule has 0 fully saturated rings. The molecule has 0 heterocycles. The molecule has 1 nitrogen and oxygen atoms in total. The Balaban J connectivity index is 2.21. The first kappa shape index (κ1) is 14.2. The van der Waals surface area contributed by atoms with Gasteiger partial charge in [-0.05, 0) is 42.3 Å². The summed E-state index contributed by atoms with van der Waals surface area (Å²) in [6, 6.07) is 15.1. The number of benzene rings is 2. The first-order valence-electron chi connectivity index (χ1n) is 6.43. The van der Waals surface area contributed by atoms with E-state index >= 15 is 0 Å². The molecular weight excluding hydrogens is 305 g/mol. The predicted molar refractivity (Wildman–Crippen MR) is 80.7 cm³/mol. The summed E-state index contributed by atoms with van der Waals surface area (Å²) in [4.78, 5) is 0. The zero-order chi connectivity index (χ0) is 13.7. The van der Waals surface area contributed by atoms with Crippen LogP contribution in [0.2, 0.25) is 0 Å². The van der Waals surface area contributed by atoms with Crippen molar-refractivity contribution in [2.75, 3.05) is 6.54 Å². The molecule has 0 aliphatic carbocycles. The fourth-order valence-electron chi connectivity index (χ4n) is 2.13. The number of halogens is 2. The second-order valence-corrected chi connectivity index (χ2v) is 5.31. The fourth-order valence-corrected chi connectivity index (χ4v) is 2.58. The SMILES string of the molecule is CCNC(Cc1ccccc1Br)c1ccc(F)cc1. The third-order valence-corrected chi connectivity index (χ3v) is 3.88. The van der Waals surface area contributed by atoms with Crippen LogP contribution in [0.3, 0.4) is 0 Å². The van der Waals surface area contributed by atoms with Crippen molar-refractivity contribution in [3.8, 4) is 0 Å². The van der Waals surface area contributed by atoms with Crippen LogP contribution in [0.4, 0.5) is 4.39 Å². The molecule has 0 radical (unpaired) electrons. The van der Waals surface area contributed by atoms with Gasteiger partial charge in [-0.25, -0.2) is 4.39 Å². The van der Waals surface area contributed by atoms with E-state index in [1.807, 2.05) is 30.3 Å². The van der Waals surface area contributed by atoms with E-state index in [2.05, 4.69) is 34.2 Å². The molecule has 0 aromatic heterocycles. The Morgan fingerprint density at radius 3 is 2.42 bits per heavy atom. The molecule has 19 heavy (non-hydrogen) atoms. The molecular formula is C16H17BrFN. The highest BCUT2D eigenvalue weighted by Crippen LogP contribution is 2.24. The molecule has 0 aliphatic rings. The van der Waals surface area contributed by atoms with Crippen molar-refractivity contribution < 1.29 is 4.39 Å². The topological polar surface area (TPSA) is 12.0 Å². The van der Waals surface area contributed by atoms with Gasteiger partial charge in [0.2, 0.25) is 0 Å². The molecule has 1 unspecified atom stereocenters. The normalized spacial score (nSPS) is 12.4. The Hall–Kier alpha value is -1.19. The lowest BCUT2D eigenvalue weighted by molar-refractivity contribution is 0.546. The summed E-state index contributed by atoms with van der Waals surface area (Å²) in [5, 5.41) is 3.45. The Morgan fingerprint density at radius 2 is 1.79 bits per heavy atom. The van der Waals surface area contributed by atoms with Crippen LogP contribution in [0.1, 0.15) is 24.1 Å². The standard InChI is InChI=1S/C16H17BrFN/c1-2-19-16(12-7-9-14(18)10-8-12)11-13-5-3-4-6-15(13)17/h3-10,16,19H,2,11H2,1H3. The average molecular weight is 322 g/mol. The number of nitrogens with one attached hydrogen (secondary N) is 1. The Bertz CT molecular complexity index is 525. The average Bonchev–Trinajstić information content (AvgIpc) is 2.42. The summed E-state index contributed by atoms with van der Waals surface area (Å²) in [6.07, 6.45) is 0.876. The maximum atomic E-state index is 13.0. The molecule has 0 bridgehead atoms. The molecule has 2 aromatic rings. The third kappa shape index (κ3) is 3.88. The summed E-state index contributed by atoms with van der Waals surface area (Å²) in [6.45, 7) is 2.96. The largest absolute Gasteiger partial charge is 0.310 e. The predicted octanol–water partition coefficient (Wildman–Crippen LogP) is 4.48. The van der Waals surface area contributed by atoms with Crippen molar-refractivity contribution in [3.63, 3.8) is 0 Å². The van der Waals surface area contributed by atoms with E-state index in [1.54, 1.807) is 0 Å². The van der Waals surface area contributed by atoms with Crippen LogP contribution < -0.4 is 5.32 Å². The van der Waals surface area contributed by atoms with Crippen molar-refractivity contribution in [2.24, 2.45) is 0 Å². The zero-order valence-electron chi connectivity index (χ0n) is 10.9. The van der Waals surface area contributed by atoms with Crippen molar-refractivity contribution in [2.45, 2.75) is 19.4 Å². The monoisotopic (exact) mass is 321 g/mol. The second kappa shape index (κ2) is 6.83. The Morgan fingerprint density at radius 1 is 1.11 bits per heavy atom. The van der Waals surface area contributed by atoms with E-state index in [1.165, 1.54) is 17.7 Å². The van der Waals surface area contributed by atoms with Gasteiger partial charge in [0, 0.05) is 10.5 Å². The van der Waals surface area contributed by atoms with E-state index < -0.39 is 0 Å². The minimum atomic E-state index is -0.195. The van der Waals surface area contributed by atoms with Crippen LogP contribution in [0, 0.1) is 5.82 Å². The van der Waals surface area contributed by atoms with Crippen LogP contribution in [0.5, 0.6) is 0 Å². The first-order chi connectivity index (χ1) is 9.20. The highest BCUT2D eigenvalue weighted by atomic mass is 79.9. The molecule has 0 saturated carbocycles. The summed E-state index contributed by atoms with van der Waals surface area (Å²) < 4.78 is 14.1. The van der Waals surface area contributed by atoms with Gasteiger partial charge in [0.05, 0.1) is 0 Å². The number of likely N-dealkylation sites (N-methyl/N-ethyl adjacent to an activating group) is 1. The fraction of sp³-hybridized carbons (Fsp3) is 0.250. The first-order valence-corrected chi connectivity index (χ1v) is 7.22. The van der Waals surface area contributed by atoms with Gasteiger partial charge in [0.1, 0.15) is 5.82 Å². The van der Waals surface area contributed by atoms with Crippen molar-refractivity contribution in [1.82, 2.24) is 5.32 Å². The molecule has 1 N–H and O–H groups in total. The number of hydrogen-bond acceptors (Lipinski definition) is 1. The van der Waals surface area contributed by atoms with E-state index in [0.29, 0.717) is 0 Å². The molecule has 2 aromatic carbocycles. The van der Waals surface area contributed by atoms with Crippen LogP contribution in [-0.2, 0) is 6.42 Å². The Labute approximate surface area is 122 Å². The second-order valence-electron chi connectivity index (χ2n) is 4.46. The molecule has 0 amide bonds. The van der Waals surface area contributed by atoms with E-state index in [-0.39, 0.29) is 11.9 Å². The van der Waals surface area contributed by atoms with Crippen LogP contribution in [0.25, 0.3) is 0 Å². The van der Waals surface area contributed by atoms with Crippen molar-refractivity contribution in [3.05, 3.63) is 69.9 Å². The molecule has 3 heteroatoms. The summed E-state index contributed by atoms with van der Waals surface area (Å²) >= 11 is 3.57. The lowest BCUT2D eigenvalue weighted by Gasteiger charge is -2.19. The highest BCUT2D eigenvalue weighted by molar-refractivity contribution is 9.10. The molecule has 0 spiro atoms. The molecule has 100 valence electrons. The summed E-state index contributed by atoms with van der Waals surface area (Å²) in [5.41, 5.74) is 2.36. The third-order valence-electron chi connectivity index (χ3n) is 3.10. The lowest BCUT2D eigenvalue weighted by Crippen LogP contribution is -2.23. The van der Waals surface area contributed by atoms with Crippen LogP contribution in [0.15, 0.2) is 53.0 Å². The molecule has 1 atom stereocenters. The summed E-state index contributed by atoms with van der Waals surface area (Å²) in [5.74, 6) is -0.195. The molecule has 2 rings (SSSR count). The van der Waals surface area contributed by atoms with Gasteiger partial charge in [-0.1, -0.05) is 53.2 Å². The van der Waals surface area contributed by atoms with Gasteiger partial charge in [0.25, 0.3) is 0 Å². The van der Waals surface area contributed by atoms with E-state index in [0.717, 1.165) is 23.0 Å². The number of hydrogen-bond donors (Lipinski definition) is 1. The van der Waals surface area contributed by atoms with Gasteiger partial charge >= 0.3 is 0 Å². The smallest absolute Gasteiger partial charge is 0.123 e. The highest BCUT2D eigenvalue weighted by Gasteiger charge is 2.12. The van der Waals surface area contributed by atoms with Gasteiger partial charge in [0.15, 0.2) is 0 Å². The van der Waals surface area contributed by atoms with Gasteiger partial charge in [-0.15, -0.1) is 0 Å². The van der Waals surface area contributed by atoms with Crippen molar-refractivity contribution in [1.29, 1.82) is 0 Å². The maximum Gasteiger partial charge on any atom is 0.123 e. The Kier molecular flexibility index (Phi) is 5.11. The van der Waals surface area contributed by atoms with Crippen LogP contribution in [-0.4, -0.2) is 6.54 Å². The van der Waals surface area contributed by atoms with E-state index in [9.17, 15) is 4.39 Å². The quantitative estimate of drug-likeness (QED) is 0.856. The minimum Gasteiger partial charge on any atom is -0.310 e. The van der Waals surface area contributed by atoms with Crippen LogP contribution >= 0.6 is 15.9 Å². The summed E-state index contributed by atoms with van der Waals surface area (Å²) in [7, 11) is 0. The van der Waals surface area contributed by atoms with Gasteiger partial charge in [-0.3, -0.25) is 0 Å². The lowest BCUT2D eigenvalue weighted by atomic mass is 9.99. The van der Waals surface area contributed by atoms with Crippen molar-refractivity contribution >= 4 is 15.9 Å².